The molecule has 0 unspecified atom stereocenters. The van der Waals surface area contributed by atoms with Crippen LogP contribution in [0.1, 0.15) is 11.1 Å². The van der Waals surface area contributed by atoms with Gasteiger partial charge in [-0.2, -0.15) is 5.26 Å². The fraction of sp³-hybridized carbons (Fsp3) is 0.0714. The maximum atomic E-state index is 8.79. The smallest absolute Gasteiger partial charge is 0.141 e. The van der Waals surface area contributed by atoms with E-state index in [1.54, 1.807) is 24.3 Å². The molecule has 2 aromatic carbocycles. The van der Waals surface area contributed by atoms with Crippen LogP contribution in [0.25, 0.3) is 0 Å². The van der Waals surface area contributed by atoms with E-state index >= 15 is 0 Å². The minimum atomic E-state index is 0.585. The van der Waals surface area contributed by atoms with Gasteiger partial charge in [0.1, 0.15) is 11.5 Å². The molecule has 2 rings (SSSR count). The third kappa shape index (κ3) is 2.84. The molecule has 0 saturated heterocycles. The Hall–Kier alpha value is -1.50. The number of nitrogens with zero attached hydrogens (tertiary/aromatic N) is 1. The molecule has 0 spiro atoms. The fourth-order valence-corrected chi connectivity index (χ4v) is 2.19. The Morgan fingerprint density at radius 2 is 1.89 bits per heavy atom. The van der Waals surface area contributed by atoms with Gasteiger partial charge in [0.2, 0.25) is 0 Å². The second-order valence-electron chi connectivity index (χ2n) is 3.77. The second kappa shape index (κ2) is 5.43. The average molecular weight is 323 g/mol. The lowest BCUT2D eigenvalue weighted by Crippen LogP contribution is -1.89. The van der Waals surface area contributed by atoms with E-state index in [1.807, 2.05) is 19.1 Å². The van der Waals surface area contributed by atoms with Crippen LogP contribution in [-0.4, -0.2) is 0 Å². The van der Waals surface area contributed by atoms with Gasteiger partial charge in [0.05, 0.1) is 16.1 Å². The molecule has 4 heteroatoms. The minimum Gasteiger partial charge on any atom is -0.456 e. The molecule has 0 saturated carbocycles. The lowest BCUT2D eigenvalue weighted by atomic mass is 10.2. The SMILES string of the molecule is Cc1cc(Cl)ccc1Oc1ccc(C#N)cc1Br. The standard InChI is InChI=1S/C14H9BrClNO/c1-9-6-11(16)3-5-13(9)18-14-4-2-10(8-17)7-12(14)15/h2-7H,1H3. The van der Waals surface area contributed by atoms with Crippen LogP contribution >= 0.6 is 27.5 Å². The van der Waals surface area contributed by atoms with Crippen molar-refractivity contribution in [1.29, 1.82) is 5.26 Å². The predicted molar refractivity (Wildman–Crippen MR) is 75.1 cm³/mol. The van der Waals surface area contributed by atoms with Crippen LogP contribution < -0.4 is 4.74 Å². The van der Waals surface area contributed by atoms with Crippen molar-refractivity contribution in [1.82, 2.24) is 0 Å². The van der Waals surface area contributed by atoms with Crippen LogP contribution in [0.15, 0.2) is 40.9 Å². The first-order chi connectivity index (χ1) is 8.60. The van der Waals surface area contributed by atoms with Crippen LogP contribution in [-0.2, 0) is 0 Å². The number of hydrogen-bond donors (Lipinski definition) is 0. The fourth-order valence-electron chi connectivity index (χ4n) is 1.50. The van der Waals surface area contributed by atoms with Crippen molar-refractivity contribution in [3.63, 3.8) is 0 Å². The van der Waals surface area contributed by atoms with Crippen LogP contribution in [0.4, 0.5) is 0 Å². The first kappa shape index (κ1) is 12.9. The molecule has 0 radical (unpaired) electrons. The first-order valence-corrected chi connectivity index (χ1v) is 6.41. The minimum absolute atomic E-state index is 0.585. The monoisotopic (exact) mass is 321 g/mol. The van der Waals surface area contributed by atoms with Crippen molar-refractivity contribution >= 4 is 27.5 Å². The summed E-state index contributed by atoms with van der Waals surface area (Å²) < 4.78 is 6.53. The molecule has 18 heavy (non-hydrogen) atoms. The van der Waals surface area contributed by atoms with Gasteiger partial charge in [-0.25, -0.2) is 0 Å². The topological polar surface area (TPSA) is 33.0 Å². The summed E-state index contributed by atoms with van der Waals surface area (Å²) in [7, 11) is 0. The molecule has 2 nitrogen and oxygen atoms in total. The van der Waals surface area contributed by atoms with Gasteiger partial charge in [-0.15, -0.1) is 0 Å². The molecule has 0 amide bonds. The highest BCUT2D eigenvalue weighted by Crippen LogP contribution is 2.32. The van der Waals surface area contributed by atoms with Crippen molar-refractivity contribution < 1.29 is 4.74 Å². The predicted octanol–water partition coefficient (Wildman–Crippen LogP) is 5.07. The highest BCUT2D eigenvalue weighted by molar-refractivity contribution is 9.10. The van der Waals surface area contributed by atoms with Crippen LogP contribution in [0.2, 0.25) is 5.02 Å². The Labute approximate surface area is 119 Å². The van der Waals surface area contributed by atoms with Crippen molar-refractivity contribution in [2.75, 3.05) is 0 Å². The number of ether oxygens (including phenoxy) is 1. The Bertz CT molecular complexity index is 634. The molecule has 0 aromatic heterocycles. The quantitative estimate of drug-likeness (QED) is 0.773. The van der Waals surface area contributed by atoms with E-state index in [-0.39, 0.29) is 0 Å². The van der Waals surface area contributed by atoms with Crippen LogP contribution in [0.5, 0.6) is 11.5 Å². The molecular formula is C14H9BrClNO. The maximum Gasteiger partial charge on any atom is 0.141 e. The first-order valence-electron chi connectivity index (χ1n) is 5.24. The second-order valence-corrected chi connectivity index (χ2v) is 5.06. The molecule has 2 aromatic rings. The normalized spacial score (nSPS) is 9.89. The number of aryl methyl sites for hydroxylation is 1. The number of benzene rings is 2. The summed E-state index contributed by atoms with van der Waals surface area (Å²) >= 11 is 9.27. The van der Waals surface area contributed by atoms with E-state index in [0.717, 1.165) is 15.8 Å². The molecule has 0 N–H and O–H groups in total. The molecule has 0 bridgehead atoms. The number of rotatable bonds is 2. The average Bonchev–Trinajstić information content (AvgIpc) is 2.34. The van der Waals surface area contributed by atoms with E-state index in [9.17, 15) is 0 Å². The third-order valence-corrected chi connectivity index (χ3v) is 3.27. The van der Waals surface area contributed by atoms with Crippen LogP contribution in [0.3, 0.4) is 0 Å². The van der Waals surface area contributed by atoms with Gasteiger partial charge in [-0.3, -0.25) is 0 Å². The molecule has 0 atom stereocenters. The highest BCUT2D eigenvalue weighted by Gasteiger charge is 2.06. The third-order valence-electron chi connectivity index (χ3n) is 2.42. The Morgan fingerprint density at radius 3 is 2.50 bits per heavy atom. The largest absolute Gasteiger partial charge is 0.456 e. The van der Waals surface area contributed by atoms with Gasteiger partial charge in [-0.05, 0) is 64.8 Å². The summed E-state index contributed by atoms with van der Waals surface area (Å²) in [6.07, 6.45) is 0. The summed E-state index contributed by atoms with van der Waals surface area (Å²) in [5, 5.41) is 9.47. The Kier molecular flexibility index (Phi) is 3.90. The lowest BCUT2D eigenvalue weighted by Gasteiger charge is -2.10. The van der Waals surface area contributed by atoms with Crippen molar-refractivity contribution in [3.8, 4) is 17.6 Å². The molecule has 0 aliphatic rings. The zero-order valence-corrected chi connectivity index (χ0v) is 11.9. The highest BCUT2D eigenvalue weighted by atomic mass is 79.9. The van der Waals surface area contributed by atoms with E-state index in [0.29, 0.717) is 16.3 Å². The van der Waals surface area contributed by atoms with Gasteiger partial charge in [0.15, 0.2) is 0 Å². The number of hydrogen-bond acceptors (Lipinski definition) is 2. The molecule has 0 aliphatic heterocycles. The van der Waals surface area contributed by atoms with E-state index in [4.69, 9.17) is 21.6 Å². The molecular weight excluding hydrogens is 314 g/mol. The van der Waals surface area contributed by atoms with E-state index in [2.05, 4.69) is 22.0 Å². The van der Waals surface area contributed by atoms with Gasteiger partial charge in [0.25, 0.3) is 0 Å². The van der Waals surface area contributed by atoms with Crippen molar-refractivity contribution in [3.05, 3.63) is 57.0 Å². The van der Waals surface area contributed by atoms with E-state index in [1.165, 1.54) is 0 Å². The van der Waals surface area contributed by atoms with E-state index < -0.39 is 0 Å². The molecule has 0 aliphatic carbocycles. The zero-order chi connectivity index (χ0) is 13.1. The van der Waals surface area contributed by atoms with Gasteiger partial charge >= 0.3 is 0 Å². The lowest BCUT2D eigenvalue weighted by molar-refractivity contribution is 0.476. The zero-order valence-electron chi connectivity index (χ0n) is 9.58. The summed E-state index contributed by atoms with van der Waals surface area (Å²) in [5.74, 6) is 1.41. The Morgan fingerprint density at radius 1 is 1.17 bits per heavy atom. The molecule has 0 fully saturated rings. The molecule has 0 heterocycles. The molecule has 90 valence electrons. The van der Waals surface area contributed by atoms with Gasteiger partial charge < -0.3 is 4.74 Å². The van der Waals surface area contributed by atoms with Gasteiger partial charge in [0, 0.05) is 5.02 Å². The number of nitriles is 1. The van der Waals surface area contributed by atoms with Crippen molar-refractivity contribution in [2.45, 2.75) is 6.92 Å². The summed E-state index contributed by atoms with van der Waals surface area (Å²) in [5.41, 5.74) is 1.54. The Balaban J connectivity index is 2.32. The maximum absolute atomic E-state index is 8.79. The van der Waals surface area contributed by atoms with Crippen molar-refractivity contribution in [2.24, 2.45) is 0 Å². The number of halogens is 2. The summed E-state index contributed by atoms with van der Waals surface area (Å²) in [6, 6.07) is 12.7. The summed E-state index contributed by atoms with van der Waals surface area (Å²) in [4.78, 5) is 0. The van der Waals surface area contributed by atoms with Gasteiger partial charge in [-0.1, -0.05) is 11.6 Å². The van der Waals surface area contributed by atoms with Crippen LogP contribution in [0, 0.1) is 18.3 Å². The summed E-state index contributed by atoms with van der Waals surface area (Å²) in [6.45, 7) is 1.93.